The van der Waals surface area contributed by atoms with Crippen LogP contribution in [-0.4, -0.2) is 24.6 Å². The highest BCUT2D eigenvalue weighted by Gasteiger charge is 2.11. The monoisotopic (exact) mass is 225 g/mol. The van der Waals surface area contributed by atoms with Crippen LogP contribution in [0.2, 0.25) is 0 Å². The summed E-state index contributed by atoms with van der Waals surface area (Å²) in [6.07, 6.45) is 1.46. The van der Waals surface area contributed by atoms with Crippen LogP contribution in [0.1, 0.15) is 27.2 Å². The Bertz CT molecular complexity index is 293. The van der Waals surface area contributed by atoms with Crippen LogP contribution in [0, 0.1) is 0 Å². The fourth-order valence-corrected chi connectivity index (χ4v) is 0.921. The minimum Gasteiger partial charge on any atom is -0.478 e. The van der Waals surface area contributed by atoms with E-state index in [1.807, 2.05) is 13.8 Å². The lowest BCUT2D eigenvalue weighted by Gasteiger charge is -2.12. The van der Waals surface area contributed by atoms with Gasteiger partial charge in [0.2, 0.25) is 0 Å². The number of ether oxygens (including phenoxy) is 2. The van der Waals surface area contributed by atoms with Crippen molar-refractivity contribution in [3.63, 3.8) is 0 Å². The summed E-state index contributed by atoms with van der Waals surface area (Å²) in [7, 11) is 0. The first-order valence-electron chi connectivity index (χ1n) is 5.20. The molecule has 0 rings (SSSR count). The zero-order valence-electron chi connectivity index (χ0n) is 10.2. The number of rotatable bonds is 6. The van der Waals surface area contributed by atoms with Crippen molar-refractivity contribution in [2.45, 2.75) is 33.3 Å². The second kappa shape index (κ2) is 7.68. The topological polar surface area (TPSA) is 47.9 Å². The largest absolute Gasteiger partial charge is 0.478 e. The maximum absolute atomic E-state index is 11.3. The van der Waals surface area contributed by atoms with Crippen molar-refractivity contribution < 1.29 is 14.3 Å². The molecule has 0 unspecified atom stereocenters. The van der Waals surface area contributed by atoms with Crippen LogP contribution in [0.5, 0.6) is 0 Å². The molecule has 0 aliphatic heterocycles. The molecule has 0 saturated carbocycles. The number of carbonyl (C=O) groups is 1. The Morgan fingerprint density at radius 1 is 1.50 bits per heavy atom. The summed E-state index contributed by atoms with van der Waals surface area (Å²) in [6, 6.07) is 0. The highest BCUT2D eigenvalue weighted by Crippen LogP contribution is 2.03. The molecule has 0 aromatic heterocycles. The van der Waals surface area contributed by atoms with Gasteiger partial charge in [-0.05, 0) is 26.8 Å². The zero-order chi connectivity index (χ0) is 12.6. The van der Waals surface area contributed by atoms with E-state index in [1.165, 1.54) is 6.08 Å². The quantitative estimate of drug-likeness (QED) is 0.302. The molecule has 0 aliphatic carbocycles. The number of aliphatic imine (C=N–C) groups is 1. The minimum atomic E-state index is -0.362. The standard InChI is InChI=1S/C12H19NO3/c1-6-10(5)13-11(16-9(3)4)8-12(14)15-7-2/h6,9H,1,5,7-8H2,2-4H3. The molecule has 0 N–H and O–H groups in total. The number of carbonyl (C=O) groups excluding carboxylic acids is 1. The van der Waals surface area contributed by atoms with E-state index in [9.17, 15) is 4.79 Å². The summed E-state index contributed by atoms with van der Waals surface area (Å²) >= 11 is 0. The van der Waals surface area contributed by atoms with Gasteiger partial charge < -0.3 is 9.47 Å². The molecule has 0 aromatic carbocycles. The Morgan fingerprint density at radius 2 is 2.12 bits per heavy atom. The number of hydrogen-bond acceptors (Lipinski definition) is 4. The molecule has 0 fully saturated rings. The number of esters is 1. The van der Waals surface area contributed by atoms with E-state index >= 15 is 0 Å². The molecule has 90 valence electrons. The van der Waals surface area contributed by atoms with Crippen molar-refractivity contribution in [3.05, 3.63) is 24.9 Å². The SMILES string of the molecule is C=CC(=C)N=C(CC(=O)OCC)OC(C)C. The lowest BCUT2D eigenvalue weighted by molar-refractivity contribution is -0.141. The van der Waals surface area contributed by atoms with Gasteiger partial charge in [0.1, 0.15) is 6.42 Å². The summed E-state index contributed by atoms with van der Waals surface area (Å²) in [5.74, 6) is -0.0582. The van der Waals surface area contributed by atoms with Crippen molar-refractivity contribution >= 4 is 11.9 Å². The third-order valence-electron chi connectivity index (χ3n) is 1.48. The van der Waals surface area contributed by atoms with Crippen LogP contribution in [-0.2, 0) is 14.3 Å². The summed E-state index contributed by atoms with van der Waals surface area (Å²) < 4.78 is 10.2. The van der Waals surface area contributed by atoms with Crippen LogP contribution in [0.4, 0.5) is 0 Å². The Morgan fingerprint density at radius 3 is 2.56 bits per heavy atom. The summed E-state index contributed by atoms with van der Waals surface area (Å²) in [5.41, 5.74) is 0.458. The van der Waals surface area contributed by atoms with Gasteiger partial charge >= 0.3 is 5.97 Å². The van der Waals surface area contributed by atoms with Gasteiger partial charge in [-0.1, -0.05) is 13.2 Å². The van der Waals surface area contributed by atoms with Crippen molar-refractivity contribution in [2.75, 3.05) is 6.61 Å². The Kier molecular flexibility index (Phi) is 6.92. The van der Waals surface area contributed by atoms with Crippen molar-refractivity contribution in [3.8, 4) is 0 Å². The lowest BCUT2D eigenvalue weighted by Crippen LogP contribution is -2.17. The molecule has 0 aliphatic rings. The van der Waals surface area contributed by atoms with Gasteiger partial charge in [0, 0.05) is 0 Å². The fourth-order valence-electron chi connectivity index (χ4n) is 0.921. The summed E-state index contributed by atoms with van der Waals surface area (Å²) in [6.45, 7) is 13.0. The maximum Gasteiger partial charge on any atom is 0.315 e. The van der Waals surface area contributed by atoms with Gasteiger partial charge in [-0.2, -0.15) is 0 Å². The summed E-state index contributed by atoms with van der Waals surface area (Å²) in [5, 5.41) is 0. The molecule has 0 bridgehead atoms. The second-order valence-electron chi connectivity index (χ2n) is 3.35. The summed E-state index contributed by atoms with van der Waals surface area (Å²) in [4.78, 5) is 15.3. The van der Waals surface area contributed by atoms with E-state index < -0.39 is 0 Å². The molecule has 4 heteroatoms. The van der Waals surface area contributed by atoms with Crippen molar-refractivity contribution in [1.82, 2.24) is 0 Å². The van der Waals surface area contributed by atoms with E-state index in [2.05, 4.69) is 18.2 Å². The van der Waals surface area contributed by atoms with E-state index in [-0.39, 0.29) is 18.5 Å². The van der Waals surface area contributed by atoms with Crippen LogP contribution < -0.4 is 0 Å². The van der Waals surface area contributed by atoms with Crippen molar-refractivity contribution in [2.24, 2.45) is 4.99 Å². The second-order valence-corrected chi connectivity index (χ2v) is 3.35. The molecule has 16 heavy (non-hydrogen) atoms. The first-order chi connectivity index (χ1) is 7.49. The number of hydrogen-bond donors (Lipinski definition) is 0. The van der Waals surface area contributed by atoms with E-state index in [1.54, 1.807) is 6.92 Å². The fraction of sp³-hybridized carbons (Fsp3) is 0.500. The van der Waals surface area contributed by atoms with E-state index in [4.69, 9.17) is 9.47 Å². The molecule has 0 atom stereocenters. The van der Waals surface area contributed by atoms with Gasteiger partial charge in [0.15, 0.2) is 5.90 Å². The average molecular weight is 225 g/mol. The minimum absolute atomic E-state index is 0.0128. The third-order valence-corrected chi connectivity index (χ3v) is 1.48. The van der Waals surface area contributed by atoms with Gasteiger partial charge in [0.25, 0.3) is 0 Å². The van der Waals surface area contributed by atoms with Crippen LogP contribution in [0.25, 0.3) is 0 Å². The predicted octanol–water partition coefficient (Wildman–Crippen LogP) is 2.46. The normalized spacial score (nSPS) is 11.1. The molecule has 0 aromatic rings. The molecule has 4 nitrogen and oxygen atoms in total. The highest BCUT2D eigenvalue weighted by atomic mass is 16.5. The molecule has 0 spiro atoms. The number of allylic oxidation sites excluding steroid dienone is 1. The maximum atomic E-state index is 11.3. The highest BCUT2D eigenvalue weighted by molar-refractivity contribution is 5.94. The Hall–Kier alpha value is -1.58. The van der Waals surface area contributed by atoms with Gasteiger partial charge in [-0.25, -0.2) is 4.99 Å². The van der Waals surface area contributed by atoms with Crippen LogP contribution in [0.15, 0.2) is 29.9 Å². The average Bonchev–Trinajstić information content (AvgIpc) is 2.16. The number of nitrogens with zero attached hydrogens (tertiary/aromatic N) is 1. The van der Waals surface area contributed by atoms with Crippen molar-refractivity contribution in [1.29, 1.82) is 0 Å². The first kappa shape index (κ1) is 14.4. The third kappa shape index (κ3) is 6.81. The van der Waals surface area contributed by atoms with Crippen LogP contribution in [0.3, 0.4) is 0 Å². The Balaban J connectivity index is 4.54. The predicted molar refractivity (Wildman–Crippen MR) is 64.2 cm³/mol. The van der Waals surface area contributed by atoms with Crippen LogP contribution >= 0.6 is 0 Å². The van der Waals surface area contributed by atoms with E-state index in [0.29, 0.717) is 18.2 Å². The molecule has 0 saturated heterocycles. The Labute approximate surface area is 96.7 Å². The molecule has 0 amide bonds. The lowest BCUT2D eigenvalue weighted by atomic mass is 10.4. The smallest absolute Gasteiger partial charge is 0.315 e. The van der Waals surface area contributed by atoms with Gasteiger partial charge in [-0.3, -0.25) is 4.79 Å². The molecule has 0 radical (unpaired) electrons. The van der Waals surface area contributed by atoms with Gasteiger partial charge in [-0.15, -0.1) is 0 Å². The molecular weight excluding hydrogens is 206 g/mol. The van der Waals surface area contributed by atoms with E-state index in [0.717, 1.165) is 0 Å². The zero-order valence-corrected chi connectivity index (χ0v) is 10.2. The molecule has 0 heterocycles. The molecular formula is C12H19NO3. The van der Waals surface area contributed by atoms with Gasteiger partial charge in [0.05, 0.1) is 18.4 Å². The first-order valence-corrected chi connectivity index (χ1v) is 5.20.